The summed E-state index contributed by atoms with van der Waals surface area (Å²) in [5.41, 5.74) is 31.5. The SMILES string of the molecule is Cc1ccc(-c2ccc(C)cc2)cc1.Cc1ccc(-c2ccc(C)nc2)cn1.Cc1ccc(-c2cccc(C)c2)cc1.Cc1ccc(C)nn1.Cc1cccc(-c2cccc(C)c2)c1.Cc1ccccc1-c1ccccc1C.Cc1cnc(C)cn1.Cc1cnncc1C. The molecular formula is C86H92N8. The van der Waals surface area contributed by atoms with Crippen molar-refractivity contribution in [3.63, 3.8) is 0 Å². The monoisotopic (exact) mass is 1240 g/mol. The maximum Gasteiger partial charge on any atom is 0.0600 e. The van der Waals surface area contributed by atoms with Gasteiger partial charge >= 0.3 is 0 Å². The smallest absolute Gasteiger partial charge is 0.0600 e. The third kappa shape index (κ3) is 25.9. The van der Waals surface area contributed by atoms with E-state index in [9.17, 15) is 0 Å². The molecule has 5 aromatic heterocycles. The van der Waals surface area contributed by atoms with Gasteiger partial charge in [0, 0.05) is 47.3 Å². The molecule has 0 saturated heterocycles. The van der Waals surface area contributed by atoms with Crippen LogP contribution in [0.15, 0.2) is 268 Å². The van der Waals surface area contributed by atoms with Gasteiger partial charge in [0.05, 0.1) is 35.2 Å². The second-order valence-corrected chi connectivity index (χ2v) is 23.7. The Balaban J connectivity index is 0.000000172. The Labute approximate surface area is 561 Å². The normalized spacial score (nSPS) is 9.91. The lowest BCUT2D eigenvalue weighted by Gasteiger charge is -2.08. The fraction of sp³-hybridized carbons (Fsp3) is 0.186. The standard InChI is InChI=1S/4C14H14.C12H12N2.3C6H8N2/c1-11-3-7-13(8-4-11)14-9-5-12(2)6-10-14;1-11-5-3-7-13(9-11)14-8-4-6-12(2)10-14;1-11-7-3-5-9-13(11)14-10-6-4-8-12(14)2;1-11-6-8-13(9-7-11)14-5-3-4-12(2)10-14;1-9-3-5-11(7-13-9)12-6-4-10(2)14-8-12;1-5-3-8-6(2)4-7-5;1-5-3-7-8-4-6(5)2;1-5-3-4-6(2)8-7-5/h4*3-10H,1-2H3;3-8H,1-2H3;3*3-4H,1-2H3. The summed E-state index contributed by atoms with van der Waals surface area (Å²) in [5, 5.41) is 15.0. The summed E-state index contributed by atoms with van der Waals surface area (Å²) in [4.78, 5) is 16.5. The number of pyridine rings is 2. The molecule has 0 saturated carbocycles. The van der Waals surface area contributed by atoms with Gasteiger partial charge in [-0.2, -0.15) is 20.4 Å². The van der Waals surface area contributed by atoms with Crippen LogP contribution in [-0.4, -0.2) is 40.3 Å². The fourth-order valence-corrected chi connectivity index (χ4v) is 9.11. The molecule has 0 N–H and O–H groups in total. The van der Waals surface area contributed by atoms with E-state index in [-0.39, 0.29) is 0 Å². The van der Waals surface area contributed by atoms with Crippen molar-refractivity contribution in [2.24, 2.45) is 0 Å². The van der Waals surface area contributed by atoms with Crippen molar-refractivity contribution in [3.8, 4) is 55.6 Å². The molecular weight excluding hydrogens is 1150 g/mol. The minimum Gasteiger partial charge on any atom is -0.261 e. The zero-order valence-corrected chi connectivity index (χ0v) is 58.0. The quantitative estimate of drug-likeness (QED) is 0.168. The molecule has 0 unspecified atom stereocenters. The number of nitrogens with zero attached hydrogens (tertiary/aromatic N) is 8. The van der Waals surface area contributed by atoms with Crippen LogP contribution in [0.3, 0.4) is 0 Å². The van der Waals surface area contributed by atoms with Gasteiger partial charge in [0.2, 0.25) is 0 Å². The van der Waals surface area contributed by atoms with E-state index < -0.39 is 0 Å². The Morgan fingerprint density at radius 3 is 0.745 bits per heavy atom. The van der Waals surface area contributed by atoms with Crippen LogP contribution in [0.4, 0.5) is 0 Å². The van der Waals surface area contributed by atoms with Crippen LogP contribution in [0.2, 0.25) is 0 Å². The zero-order chi connectivity index (χ0) is 67.8. The summed E-state index contributed by atoms with van der Waals surface area (Å²) >= 11 is 0. The number of hydrogen-bond acceptors (Lipinski definition) is 8. The molecule has 0 amide bonds. The van der Waals surface area contributed by atoms with E-state index in [1.165, 1.54) is 100 Å². The van der Waals surface area contributed by atoms with E-state index in [1.807, 2.05) is 92.0 Å². The largest absolute Gasteiger partial charge is 0.261 e. The molecule has 0 radical (unpaired) electrons. The Hall–Kier alpha value is -10.7. The van der Waals surface area contributed by atoms with Gasteiger partial charge in [0.1, 0.15) is 0 Å². The highest BCUT2D eigenvalue weighted by molar-refractivity contribution is 5.70. The molecule has 0 fully saturated rings. The van der Waals surface area contributed by atoms with Crippen LogP contribution in [0.1, 0.15) is 89.8 Å². The molecule has 0 bridgehead atoms. The zero-order valence-electron chi connectivity index (χ0n) is 58.0. The molecule has 8 nitrogen and oxygen atoms in total. The molecule has 94 heavy (non-hydrogen) atoms. The molecule has 0 spiro atoms. The fourth-order valence-electron chi connectivity index (χ4n) is 9.11. The third-order valence-corrected chi connectivity index (χ3v) is 15.0. The molecule has 13 aromatic rings. The minimum absolute atomic E-state index is 0.968. The number of aryl methyl sites for hydroxylation is 16. The van der Waals surface area contributed by atoms with Crippen molar-refractivity contribution in [3.05, 3.63) is 358 Å². The Kier molecular flexibility index (Phi) is 29.4. The number of aromatic nitrogens is 8. The van der Waals surface area contributed by atoms with Crippen molar-refractivity contribution < 1.29 is 0 Å². The summed E-state index contributed by atoms with van der Waals surface area (Å²) in [7, 11) is 0. The van der Waals surface area contributed by atoms with E-state index in [1.54, 1.807) is 24.8 Å². The Bertz CT molecular complexity index is 3950. The highest BCUT2D eigenvalue weighted by atomic mass is 15.1. The molecule has 0 aliphatic carbocycles. The Morgan fingerprint density at radius 2 is 0.468 bits per heavy atom. The van der Waals surface area contributed by atoms with Crippen LogP contribution in [0, 0.1) is 111 Å². The van der Waals surface area contributed by atoms with Crippen molar-refractivity contribution in [1.29, 1.82) is 0 Å². The van der Waals surface area contributed by atoms with Gasteiger partial charge in [-0.25, -0.2) is 0 Å². The average Bonchev–Trinajstić information content (AvgIpc) is 1.54. The van der Waals surface area contributed by atoms with Crippen LogP contribution in [0.5, 0.6) is 0 Å². The third-order valence-electron chi connectivity index (χ3n) is 15.0. The summed E-state index contributed by atoms with van der Waals surface area (Å²) < 4.78 is 0. The van der Waals surface area contributed by atoms with Crippen molar-refractivity contribution in [1.82, 2.24) is 40.3 Å². The summed E-state index contributed by atoms with van der Waals surface area (Å²) in [6.45, 7) is 32.7. The summed E-state index contributed by atoms with van der Waals surface area (Å²) in [5.74, 6) is 0. The summed E-state index contributed by atoms with van der Waals surface area (Å²) in [6, 6.07) is 80.7. The van der Waals surface area contributed by atoms with E-state index in [4.69, 9.17) is 0 Å². The van der Waals surface area contributed by atoms with Gasteiger partial charge in [-0.05, 0) is 202 Å². The van der Waals surface area contributed by atoms with Crippen molar-refractivity contribution >= 4 is 0 Å². The first kappa shape index (κ1) is 72.4. The molecule has 8 heteroatoms. The van der Waals surface area contributed by atoms with Gasteiger partial charge in [0.25, 0.3) is 0 Å². The first-order chi connectivity index (χ1) is 45.2. The highest BCUT2D eigenvalue weighted by Crippen LogP contribution is 2.27. The van der Waals surface area contributed by atoms with Gasteiger partial charge in [-0.3, -0.25) is 19.9 Å². The lowest BCUT2D eigenvalue weighted by atomic mass is 9.97. The van der Waals surface area contributed by atoms with E-state index in [0.29, 0.717) is 0 Å². The first-order valence-electron chi connectivity index (χ1n) is 31.8. The number of rotatable bonds is 5. The van der Waals surface area contributed by atoms with Crippen molar-refractivity contribution in [2.45, 2.75) is 111 Å². The van der Waals surface area contributed by atoms with E-state index >= 15 is 0 Å². The second-order valence-electron chi connectivity index (χ2n) is 23.7. The summed E-state index contributed by atoms with van der Waals surface area (Å²) in [6.07, 6.45) is 10.8. The predicted octanol–water partition coefficient (Wildman–Crippen LogP) is 21.9. The first-order valence-corrected chi connectivity index (χ1v) is 31.8. The van der Waals surface area contributed by atoms with Gasteiger partial charge in [-0.1, -0.05) is 240 Å². The van der Waals surface area contributed by atoms with Crippen LogP contribution < -0.4 is 0 Å². The molecule has 8 aromatic carbocycles. The maximum absolute atomic E-state index is 4.25. The number of benzene rings is 8. The predicted molar refractivity (Wildman–Crippen MR) is 397 cm³/mol. The van der Waals surface area contributed by atoms with Gasteiger partial charge < -0.3 is 0 Å². The minimum atomic E-state index is 0.968. The lowest BCUT2D eigenvalue weighted by Crippen LogP contribution is -1.86. The van der Waals surface area contributed by atoms with Crippen molar-refractivity contribution in [2.75, 3.05) is 0 Å². The molecule has 5 heterocycles. The van der Waals surface area contributed by atoms with E-state index in [2.05, 4.69) is 302 Å². The lowest BCUT2D eigenvalue weighted by molar-refractivity contribution is 0.941. The topological polar surface area (TPSA) is 103 Å². The molecule has 0 aliphatic rings. The highest BCUT2D eigenvalue weighted by Gasteiger charge is 2.04. The Morgan fingerprint density at radius 1 is 0.181 bits per heavy atom. The molecule has 476 valence electrons. The average molecular weight is 1240 g/mol. The van der Waals surface area contributed by atoms with E-state index in [0.717, 1.165) is 45.3 Å². The molecule has 0 atom stereocenters. The van der Waals surface area contributed by atoms with Crippen LogP contribution in [0.25, 0.3) is 55.6 Å². The second kappa shape index (κ2) is 38.2. The molecule has 0 aliphatic heterocycles. The number of hydrogen-bond donors (Lipinski definition) is 0. The van der Waals surface area contributed by atoms with Crippen LogP contribution in [-0.2, 0) is 0 Å². The maximum atomic E-state index is 4.25. The van der Waals surface area contributed by atoms with Crippen LogP contribution >= 0.6 is 0 Å². The van der Waals surface area contributed by atoms with Gasteiger partial charge in [-0.15, -0.1) is 0 Å². The van der Waals surface area contributed by atoms with Gasteiger partial charge in [0.15, 0.2) is 0 Å². The molecule has 13 rings (SSSR count).